The van der Waals surface area contributed by atoms with Crippen LogP contribution in [0.25, 0.3) is 10.1 Å². The Bertz CT molecular complexity index is 607. The predicted octanol–water partition coefficient (Wildman–Crippen LogP) is 4.73. The number of fused-ring (bicyclic) bond motifs is 1. The summed E-state index contributed by atoms with van der Waals surface area (Å²) in [6.45, 7) is 6.09. The average molecular weight is 247 g/mol. The summed E-state index contributed by atoms with van der Waals surface area (Å²) in [7, 11) is 0. The Kier molecular flexibility index (Phi) is 3.17. The van der Waals surface area contributed by atoms with Crippen LogP contribution in [0.15, 0.2) is 12.1 Å². The van der Waals surface area contributed by atoms with Crippen LogP contribution in [-0.2, 0) is 0 Å². The predicted molar refractivity (Wildman–Crippen MR) is 69.9 cm³/mol. The molecule has 0 bridgehead atoms. The van der Waals surface area contributed by atoms with Crippen molar-refractivity contribution in [2.45, 2.75) is 33.1 Å². The fraction of sp³-hybridized carbons (Fsp3) is 0.357. The molecule has 0 saturated carbocycles. The zero-order valence-corrected chi connectivity index (χ0v) is 11.0. The number of benzene rings is 1. The van der Waals surface area contributed by atoms with E-state index >= 15 is 0 Å². The number of nitriles is 1. The first-order valence-corrected chi connectivity index (χ1v) is 6.53. The lowest BCUT2D eigenvalue weighted by Crippen LogP contribution is -1.90. The van der Waals surface area contributed by atoms with E-state index < -0.39 is 0 Å². The Hall–Kier alpha value is -1.40. The number of halogens is 1. The molecule has 0 amide bonds. The highest BCUT2D eigenvalue weighted by Gasteiger charge is 2.19. The summed E-state index contributed by atoms with van der Waals surface area (Å²) in [5.41, 5.74) is 1.64. The zero-order chi connectivity index (χ0) is 12.6. The summed E-state index contributed by atoms with van der Waals surface area (Å²) in [6, 6.07) is 5.47. The topological polar surface area (TPSA) is 23.8 Å². The maximum absolute atomic E-state index is 13.8. The molecule has 0 radical (unpaired) electrons. The Morgan fingerprint density at radius 1 is 1.47 bits per heavy atom. The highest BCUT2D eigenvalue weighted by atomic mass is 32.1. The third-order valence-electron chi connectivity index (χ3n) is 3.20. The van der Waals surface area contributed by atoms with Gasteiger partial charge in [0.15, 0.2) is 0 Å². The summed E-state index contributed by atoms with van der Waals surface area (Å²) >= 11 is 1.42. The van der Waals surface area contributed by atoms with Gasteiger partial charge < -0.3 is 0 Å². The quantitative estimate of drug-likeness (QED) is 0.752. The molecule has 0 aliphatic carbocycles. The molecular formula is C14H14FNS. The molecule has 88 valence electrons. The number of aryl methyl sites for hydroxylation is 1. The van der Waals surface area contributed by atoms with E-state index in [0.717, 1.165) is 22.2 Å². The number of rotatable bonds is 2. The molecule has 0 N–H and O–H groups in total. The van der Waals surface area contributed by atoms with Gasteiger partial charge >= 0.3 is 0 Å². The second-order valence-corrected chi connectivity index (χ2v) is 5.38. The summed E-state index contributed by atoms with van der Waals surface area (Å²) in [4.78, 5) is 1.01. The van der Waals surface area contributed by atoms with E-state index in [9.17, 15) is 9.65 Å². The van der Waals surface area contributed by atoms with E-state index in [-0.39, 0.29) is 5.82 Å². The van der Waals surface area contributed by atoms with Crippen molar-refractivity contribution in [1.29, 1.82) is 5.26 Å². The van der Waals surface area contributed by atoms with Crippen LogP contribution in [0.4, 0.5) is 4.39 Å². The number of nitrogens with zero attached hydrogens (tertiary/aromatic N) is 1. The van der Waals surface area contributed by atoms with Gasteiger partial charge in [0.2, 0.25) is 0 Å². The van der Waals surface area contributed by atoms with E-state index in [2.05, 4.69) is 19.9 Å². The van der Waals surface area contributed by atoms with Gasteiger partial charge in [-0.15, -0.1) is 11.3 Å². The Morgan fingerprint density at radius 2 is 2.18 bits per heavy atom. The molecule has 2 aromatic rings. The van der Waals surface area contributed by atoms with Crippen molar-refractivity contribution < 1.29 is 4.39 Å². The Labute approximate surface area is 105 Å². The van der Waals surface area contributed by atoms with Crippen LogP contribution >= 0.6 is 11.3 Å². The lowest BCUT2D eigenvalue weighted by Gasteiger charge is -2.05. The molecule has 1 aromatic carbocycles. The number of thiophene rings is 1. The fourth-order valence-electron chi connectivity index (χ4n) is 1.99. The normalized spacial score (nSPS) is 12.6. The molecule has 0 spiro atoms. The molecular weight excluding hydrogens is 233 g/mol. The van der Waals surface area contributed by atoms with Gasteiger partial charge in [0.25, 0.3) is 0 Å². The van der Waals surface area contributed by atoms with Gasteiger partial charge in [0, 0.05) is 10.3 Å². The van der Waals surface area contributed by atoms with E-state index in [1.54, 1.807) is 6.07 Å². The minimum absolute atomic E-state index is 0.221. The van der Waals surface area contributed by atoms with Crippen molar-refractivity contribution >= 4 is 21.4 Å². The average Bonchev–Trinajstić information content (AvgIpc) is 2.73. The Balaban J connectivity index is 2.85. The molecule has 0 aliphatic rings. The summed E-state index contributed by atoms with van der Waals surface area (Å²) in [5, 5.41) is 10.1. The highest BCUT2D eigenvalue weighted by Crippen LogP contribution is 2.39. The van der Waals surface area contributed by atoms with E-state index in [1.165, 1.54) is 17.4 Å². The number of hydrogen-bond acceptors (Lipinski definition) is 2. The van der Waals surface area contributed by atoms with Crippen LogP contribution in [0.2, 0.25) is 0 Å². The van der Waals surface area contributed by atoms with Gasteiger partial charge in [0.05, 0.1) is 10.3 Å². The molecule has 1 aromatic heterocycles. The lowest BCUT2D eigenvalue weighted by molar-refractivity contribution is 0.641. The molecule has 1 heterocycles. The third kappa shape index (κ3) is 1.83. The minimum atomic E-state index is -0.221. The summed E-state index contributed by atoms with van der Waals surface area (Å²) in [5.74, 6) is 0.0857. The minimum Gasteiger partial charge on any atom is -0.205 e. The van der Waals surface area contributed by atoms with Crippen molar-refractivity contribution in [3.05, 3.63) is 34.0 Å². The van der Waals surface area contributed by atoms with Crippen molar-refractivity contribution in [3.63, 3.8) is 0 Å². The van der Waals surface area contributed by atoms with Gasteiger partial charge in [-0.25, -0.2) is 4.39 Å². The number of hydrogen-bond donors (Lipinski definition) is 0. The van der Waals surface area contributed by atoms with Gasteiger partial charge in [0.1, 0.15) is 11.9 Å². The van der Waals surface area contributed by atoms with Crippen LogP contribution < -0.4 is 0 Å². The van der Waals surface area contributed by atoms with Crippen LogP contribution in [0.1, 0.15) is 42.2 Å². The van der Waals surface area contributed by atoms with Crippen molar-refractivity contribution in [2.75, 3.05) is 0 Å². The maximum atomic E-state index is 13.8. The largest absolute Gasteiger partial charge is 0.205 e. The summed E-state index contributed by atoms with van der Waals surface area (Å²) in [6.07, 6.45) is 0.960. The molecule has 1 nitrogen and oxygen atoms in total. The first kappa shape index (κ1) is 12.1. The molecule has 17 heavy (non-hydrogen) atoms. The van der Waals surface area contributed by atoms with Gasteiger partial charge in [-0.3, -0.25) is 0 Å². The molecule has 0 aliphatic heterocycles. The zero-order valence-electron chi connectivity index (χ0n) is 10.2. The SMILES string of the molecule is CCC(C)c1sc2c(F)ccc(C)c2c1C#N. The van der Waals surface area contributed by atoms with Crippen molar-refractivity contribution in [3.8, 4) is 6.07 Å². The van der Waals surface area contributed by atoms with Gasteiger partial charge in [-0.05, 0) is 30.9 Å². The van der Waals surface area contributed by atoms with Crippen LogP contribution in [-0.4, -0.2) is 0 Å². The lowest BCUT2D eigenvalue weighted by atomic mass is 9.99. The standard InChI is InChI=1S/C14H14FNS/c1-4-8(2)13-10(7-16)12-9(3)5-6-11(15)14(12)17-13/h5-6,8H,4H2,1-3H3. The smallest absolute Gasteiger partial charge is 0.141 e. The molecule has 2 rings (SSSR count). The van der Waals surface area contributed by atoms with E-state index in [0.29, 0.717) is 16.2 Å². The molecule has 0 fully saturated rings. The molecule has 0 saturated heterocycles. The van der Waals surface area contributed by atoms with Gasteiger partial charge in [-0.1, -0.05) is 19.9 Å². The first-order chi connectivity index (χ1) is 8.10. The van der Waals surface area contributed by atoms with Crippen LogP contribution in [0.3, 0.4) is 0 Å². The van der Waals surface area contributed by atoms with Crippen LogP contribution in [0.5, 0.6) is 0 Å². The summed E-state index contributed by atoms with van der Waals surface area (Å²) < 4.78 is 14.4. The van der Waals surface area contributed by atoms with Crippen molar-refractivity contribution in [2.24, 2.45) is 0 Å². The monoisotopic (exact) mass is 247 g/mol. The molecule has 1 atom stereocenters. The van der Waals surface area contributed by atoms with Crippen molar-refractivity contribution in [1.82, 2.24) is 0 Å². The second-order valence-electron chi connectivity index (χ2n) is 4.33. The van der Waals surface area contributed by atoms with E-state index in [1.807, 2.05) is 6.92 Å². The maximum Gasteiger partial charge on any atom is 0.141 e. The van der Waals surface area contributed by atoms with Gasteiger partial charge in [-0.2, -0.15) is 5.26 Å². The Morgan fingerprint density at radius 3 is 2.76 bits per heavy atom. The fourth-order valence-corrected chi connectivity index (χ4v) is 3.36. The third-order valence-corrected chi connectivity index (χ3v) is 4.63. The molecule has 1 unspecified atom stereocenters. The van der Waals surface area contributed by atoms with E-state index in [4.69, 9.17) is 0 Å². The second kappa shape index (κ2) is 4.46. The highest BCUT2D eigenvalue weighted by molar-refractivity contribution is 7.19. The molecule has 3 heteroatoms. The first-order valence-electron chi connectivity index (χ1n) is 5.71. The van der Waals surface area contributed by atoms with Crippen LogP contribution in [0, 0.1) is 24.1 Å².